The van der Waals surface area contributed by atoms with Gasteiger partial charge in [0.1, 0.15) is 12.3 Å². The van der Waals surface area contributed by atoms with E-state index in [1.165, 1.54) is 0 Å². The molecule has 0 radical (unpaired) electrons. The van der Waals surface area contributed by atoms with Crippen LogP contribution in [0.15, 0.2) is 54.7 Å². The lowest BCUT2D eigenvalue weighted by molar-refractivity contribution is -0.116. The number of hydrogen-bond donors (Lipinski definition) is 1. The lowest BCUT2D eigenvalue weighted by Crippen LogP contribution is -2.18. The summed E-state index contributed by atoms with van der Waals surface area (Å²) >= 11 is 0. The zero-order chi connectivity index (χ0) is 16.9. The molecule has 0 saturated carbocycles. The molecule has 1 amide bonds. The Bertz CT molecular complexity index is 866. The van der Waals surface area contributed by atoms with Gasteiger partial charge in [-0.15, -0.1) is 0 Å². The molecule has 0 saturated heterocycles. The number of hydrogen-bond acceptors (Lipinski definition) is 3. The molecule has 24 heavy (non-hydrogen) atoms. The van der Waals surface area contributed by atoms with Gasteiger partial charge in [0.2, 0.25) is 5.91 Å². The van der Waals surface area contributed by atoms with Crippen LogP contribution in [-0.4, -0.2) is 23.4 Å². The monoisotopic (exact) mass is 322 g/mol. The first kappa shape index (κ1) is 15.8. The Labute approximate surface area is 139 Å². The van der Waals surface area contributed by atoms with Crippen molar-refractivity contribution in [2.75, 3.05) is 11.9 Å². The molecule has 0 unspecified atom stereocenters. The SMILES string of the molecule is CCOc1ccc(NC(=O)Cn2cc(C=O)c3ccccc32)cc1. The number of benzene rings is 2. The molecule has 1 heterocycles. The zero-order valence-corrected chi connectivity index (χ0v) is 13.4. The topological polar surface area (TPSA) is 60.3 Å². The van der Waals surface area contributed by atoms with E-state index >= 15 is 0 Å². The molecule has 0 aliphatic heterocycles. The predicted molar refractivity (Wildman–Crippen MR) is 93.6 cm³/mol. The molecule has 0 aliphatic carbocycles. The quantitative estimate of drug-likeness (QED) is 0.707. The lowest BCUT2D eigenvalue weighted by Gasteiger charge is -2.08. The van der Waals surface area contributed by atoms with E-state index in [-0.39, 0.29) is 12.5 Å². The number of carbonyl (C=O) groups excluding carboxylic acids is 2. The van der Waals surface area contributed by atoms with Gasteiger partial charge in [-0.05, 0) is 37.3 Å². The van der Waals surface area contributed by atoms with Crippen molar-refractivity contribution in [2.45, 2.75) is 13.5 Å². The Morgan fingerprint density at radius 2 is 1.92 bits per heavy atom. The molecule has 0 fully saturated rings. The zero-order valence-electron chi connectivity index (χ0n) is 13.4. The second kappa shape index (κ2) is 7.00. The van der Waals surface area contributed by atoms with Crippen LogP contribution >= 0.6 is 0 Å². The smallest absolute Gasteiger partial charge is 0.244 e. The van der Waals surface area contributed by atoms with Crippen LogP contribution in [0.4, 0.5) is 5.69 Å². The summed E-state index contributed by atoms with van der Waals surface area (Å²) in [5.74, 6) is 0.611. The number of nitrogens with one attached hydrogen (secondary N) is 1. The fourth-order valence-corrected chi connectivity index (χ4v) is 2.66. The Hall–Kier alpha value is -3.08. The molecular weight excluding hydrogens is 304 g/mol. The van der Waals surface area contributed by atoms with E-state index in [1.807, 2.05) is 43.3 Å². The van der Waals surface area contributed by atoms with E-state index < -0.39 is 0 Å². The van der Waals surface area contributed by atoms with Crippen molar-refractivity contribution in [3.8, 4) is 5.75 Å². The highest BCUT2D eigenvalue weighted by molar-refractivity contribution is 5.99. The molecule has 1 N–H and O–H groups in total. The average Bonchev–Trinajstić information content (AvgIpc) is 2.95. The van der Waals surface area contributed by atoms with Crippen LogP contribution in [0.2, 0.25) is 0 Å². The minimum Gasteiger partial charge on any atom is -0.494 e. The number of para-hydroxylation sites is 1. The van der Waals surface area contributed by atoms with Crippen LogP contribution in [0.25, 0.3) is 10.9 Å². The van der Waals surface area contributed by atoms with E-state index in [0.717, 1.165) is 22.9 Å². The number of fused-ring (bicyclic) bond motifs is 1. The number of amides is 1. The van der Waals surface area contributed by atoms with Gasteiger partial charge in [-0.25, -0.2) is 0 Å². The highest BCUT2D eigenvalue weighted by atomic mass is 16.5. The second-order valence-electron chi connectivity index (χ2n) is 5.35. The van der Waals surface area contributed by atoms with Crippen molar-refractivity contribution in [1.29, 1.82) is 0 Å². The molecule has 0 bridgehead atoms. The Kier molecular flexibility index (Phi) is 4.61. The minimum absolute atomic E-state index is 0.140. The molecule has 5 heteroatoms. The standard InChI is InChI=1S/C19H18N2O3/c1-2-24-16-9-7-15(8-10-16)20-19(23)12-21-11-14(13-22)17-5-3-4-6-18(17)21/h3-11,13H,2,12H2,1H3,(H,20,23). The maximum atomic E-state index is 12.3. The molecule has 0 aliphatic rings. The number of anilines is 1. The number of ether oxygens (including phenoxy) is 1. The van der Waals surface area contributed by atoms with E-state index in [0.29, 0.717) is 17.9 Å². The third-order valence-electron chi connectivity index (χ3n) is 3.71. The van der Waals surface area contributed by atoms with Gasteiger partial charge >= 0.3 is 0 Å². The number of aromatic nitrogens is 1. The summed E-state index contributed by atoms with van der Waals surface area (Å²) in [7, 11) is 0. The van der Waals surface area contributed by atoms with E-state index in [4.69, 9.17) is 4.74 Å². The van der Waals surface area contributed by atoms with Crippen molar-refractivity contribution in [1.82, 2.24) is 4.57 Å². The lowest BCUT2D eigenvalue weighted by atomic mass is 10.2. The second-order valence-corrected chi connectivity index (χ2v) is 5.35. The summed E-state index contributed by atoms with van der Waals surface area (Å²) in [4.78, 5) is 23.5. The molecule has 122 valence electrons. The molecule has 0 spiro atoms. The van der Waals surface area contributed by atoms with Crippen LogP contribution < -0.4 is 10.1 Å². The van der Waals surface area contributed by atoms with Crippen molar-refractivity contribution >= 4 is 28.8 Å². The highest BCUT2D eigenvalue weighted by Crippen LogP contribution is 2.20. The highest BCUT2D eigenvalue weighted by Gasteiger charge is 2.10. The van der Waals surface area contributed by atoms with Crippen LogP contribution in [0.3, 0.4) is 0 Å². The molecule has 2 aromatic carbocycles. The van der Waals surface area contributed by atoms with Crippen LogP contribution in [-0.2, 0) is 11.3 Å². The van der Waals surface area contributed by atoms with Gasteiger partial charge in [-0.3, -0.25) is 9.59 Å². The number of carbonyl (C=O) groups is 2. The molecular formula is C19H18N2O3. The fourth-order valence-electron chi connectivity index (χ4n) is 2.66. The van der Waals surface area contributed by atoms with Gasteiger partial charge < -0.3 is 14.6 Å². The predicted octanol–water partition coefficient (Wildman–Crippen LogP) is 3.49. The van der Waals surface area contributed by atoms with Gasteiger partial charge in [0, 0.05) is 28.4 Å². The largest absolute Gasteiger partial charge is 0.494 e. The average molecular weight is 322 g/mol. The van der Waals surface area contributed by atoms with Crippen LogP contribution in [0.5, 0.6) is 5.75 Å². The van der Waals surface area contributed by atoms with Crippen molar-refractivity contribution in [2.24, 2.45) is 0 Å². The molecule has 1 aromatic heterocycles. The van der Waals surface area contributed by atoms with Gasteiger partial charge in [-0.2, -0.15) is 0 Å². The molecule has 3 aromatic rings. The maximum absolute atomic E-state index is 12.3. The Balaban J connectivity index is 1.74. The van der Waals surface area contributed by atoms with Crippen molar-refractivity contribution in [3.63, 3.8) is 0 Å². The van der Waals surface area contributed by atoms with Crippen molar-refractivity contribution in [3.05, 3.63) is 60.3 Å². The van der Waals surface area contributed by atoms with E-state index in [1.54, 1.807) is 22.9 Å². The van der Waals surface area contributed by atoms with Gasteiger partial charge in [0.05, 0.1) is 6.61 Å². The summed E-state index contributed by atoms with van der Waals surface area (Å²) < 4.78 is 7.16. The molecule has 0 atom stereocenters. The summed E-state index contributed by atoms with van der Waals surface area (Å²) in [5, 5.41) is 3.70. The van der Waals surface area contributed by atoms with Gasteiger partial charge in [0.25, 0.3) is 0 Å². The Morgan fingerprint density at radius 1 is 1.17 bits per heavy atom. The molecule has 5 nitrogen and oxygen atoms in total. The van der Waals surface area contributed by atoms with Gasteiger partial charge in [0.15, 0.2) is 6.29 Å². The third-order valence-corrected chi connectivity index (χ3v) is 3.71. The van der Waals surface area contributed by atoms with Gasteiger partial charge in [-0.1, -0.05) is 18.2 Å². The normalized spacial score (nSPS) is 10.5. The van der Waals surface area contributed by atoms with E-state index in [2.05, 4.69) is 5.32 Å². The third kappa shape index (κ3) is 3.30. The number of nitrogens with zero attached hydrogens (tertiary/aromatic N) is 1. The minimum atomic E-state index is -0.155. The van der Waals surface area contributed by atoms with Crippen LogP contribution in [0.1, 0.15) is 17.3 Å². The first-order valence-electron chi connectivity index (χ1n) is 7.77. The first-order valence-corrected chi connectivity index (χ1v) is 7.77. The number of rotatable bonds is 6. The summed E-state index contributed by atoms with van der Waals surface area (Å²) in [5.41, 5.74) is 2.15. The molecule has 3 rings (SSSR count). The summed E-state index contributed by atoms with van der Waals surface area (Å²) in [6.45, 7) is 2.66. The van der Waals surface area contributed by atoms with E-state index in [9.17, 15) is 9.59 Å². The first-order chi connectivity index (χ1) is 11.7. The fraction of sp³-hybridized carbons (Fsp3) is 0.158. The maximum Gasteiger partial charge on any atom is 0.244 e. The number of aldehydes is 1. The summed E-state index contributed by atoms with van der Waals surface area (Å²) in [6, 6.07) is 14.8. The van der Waals surface area contributed by atoms with Crippen molar-refractivity contribution < 1.29 is 14.3 Å². The van der Waals surface area contributed by atoms with Crippen LogP contribution in [0, 0.1) is 0 Å². The Morgan fingerprint density at radius 3 is 2.62 bits per heavy atom. The summed E-state index contributed by atoms with van der Waals surface area (Å²) in [6.07, 6.45) is 2.51.